The summed E-state index contributed by atoms with van der Waals surface area (Å²) in [5, 5.41) is 5.59. The SMILES string of the molecule is CCC[C@H](NC(=O)CNC(=O)c1ccoc1C)c1ccccc1. The van der Waals surface area contributed by atoms with Crippen LogP contribution in [0.1, 0.15) is 47.5 Å². The number of aryl methyl sites for hydroxylation is 1. The van der Waals surface area contributed by atoms with Crippen LogP contribution in [0, 0.1) is 6.92 Å². The van der Waals surface area contributed by atoms with Gasteiger partial charge in [0.1, 0.15) is 5.76 Å². The topological polar surface area (TPSA) is 71.3 Å². The number of hydrogen-bond donors (Lipinski definition) is 2. The molecular formula is C18H22N2O3. The fourth-order valence-electron chi connectivity index (χ4n) is 2.42. The second kappa shape index (κ2) is 8.17. The molecule has 1 heterocycles. The monoisotopic (exact) mass is 314 g/mol. The van der Waals surface area contributed by atoms with Crippen molar-refractivity contribution >= 4 is 11.8 Å². The molecular weight excluding hydrogens is 292 g/mol. The summed E-state index contributed by atoms with van der Waals surface area (Å²) >= 11 is 0. The van der Waals surface area contributed by atoms with Gasteiger partial charge in [0.15, 0.2) is 0 Å². The molecule has 0 aliphatic heterocycles. The summed E-state index contributed by atoms with van der Waals surface area (Å²) in [5.41, 5.74) is 1.52. The minimum absolute atomic E-state index is 0.0405. The Kier molecular flexibility index (Phi) is 5.97. The van der Waals surface area contributed by atoms with E-state index in [1.807, 2.05) is 30.3 Å². The van der Waals surface area contributed by atoms with E-state index in [0.717, 1.165) is 18.4 Å². The van der Waals surface area contributed by atoms with Gasteiger partial charge in [-0.2, -0.15) is 0 Å². The Hall–Kier alpha value is -2.56. The summed E-state index contributed by atoms with van der Waals surface area (Å²) in [4.78, 5) is 24.1. The Morgan fingerprint density at radius 3 is 2.52 bits per heavy atom. The molecule has 0 aliphatic carbocycles. The van der Waals surface area contributed by atoms with Gasteiger partial charge in [0.2, 0.25) is 5.91 Å². The van der Waals surface area contributed by atoms with Crippen LogP contribution in [0.15, 0.2) is 47.1 Å². The summed E-state index contributed by atoms with van der Waals surface area (Å²) in [7, 11) is 0. The van der Waals surface area contributed by atoms with Crippen molar-refractivity contribution in [3.05, 3.63) is 59.5 Å². The van der Waals surface area contributed by atoms with Crippen molar-refractivity contribution in [3.63, 3.8) is 0 Å². The molecule has 0 saturated carbocycles. The quantitative estimate of drug-likeness (QED) is 0.825. The molecule has 0 radical (unpaired) electrons. The molecule has 0 bridgehead atoms. The van der Waals surface area contributed by atoms with E-state index < -0.39 is 0 Å². The first-order valence-corrected chi connectivity index (χ1v) is 7.78. The summed E-state index contributed by atoms with van der Waals surface area (Å²) in [6.07, 6.45) is 3.27. The van der Waals surface area contributed by atoms with E-state index in [4.69, 9.17) is 4.42 Å². The van der Waals surface area contributed by atoms with Crippen LogP contribution >= 0.6 is 0 Å². The molecule has 0 unspecified atom stereocenters. The van der Waals surface area contributed by atoms with Gasteiger partial charge in [-0.3, -0.25) is 9.59 Å². The second-order valence-electron chi connectivity index (χ2n) is 5.39. The highest BCUT2D eigenvalue weighted by Gasteiger charge is 2.16. The predicted molar refractivity (Wildman–Crippen MR) is 88.0 cm³/mol. The summed E-state index contributed by atoms with van der Waals surface area (Å²) in [6, 6.07) is 11.4. The van der Waals surface area contributed by atoms with Gasteiger partial charge in [0.25, 0.3) is 5.91 Å². The van der Waals surface area contributed by atoms with Gasteiger partial charge < -0.3 is 15.1 Å². The zero-order chi connectivity index (χ0) is 16.7. The van der Waals surface area contributed by atoms with Crippen LogP contribution in [0.4, 0.5) is 0 Å². The molecule has 2 aromatic rings. The van der Waals surface area contributed by atoms with E-state index in [0.29, 0.717) is 11.3 Å². The van der Waals surface area contributed by atoms with Crippen molar-refractivity contribution in [1.29, 1.82) is 0 Å². The predicted octanol–water partition coefficient (Wildman–Crippen LogP) is 2.98. The highest BCUT2D eigenvalue weighted by atomic mass is 16.3. The van der Waals surface area contributed by atoms with E-state index in [2.05, 4.69) is 17.6 Å². The number of nitrogens with one attached hydrogen (secondary N) is 2. The number of benzene rings is 1. The average molecular weight is 314 g/mol. The molecule has 0 fully saturated rings. The lowest BCUT2D eigenvalue weighted by molar-refractivity contribution is -0.120. The largest absolute Gasteiger partial charge is 0.469 e. The first-order valence-electron chi connectivity index (χ1n) is 7.78. The number of amides is 2. The third-order valence-corrected chi connectivity index (χ3v) is 3.63. The van der Waals surface area contributed by atoms with Crippen LogP contribution in [0.3, 0.4) is 0 Å². The molecule has 1 aromatic carbocycles. The van der Waals surface area contributed by atoms with Crippen molar-refractivity contribution < 1.29 is 14.0 Å². The molecule has 2 N–H and O–H groups in total. The van der Waals surface area contributed by atoms with Gasteiger partial charge in [-0.05, 0) is 25.0 Å². The first-order chi connectivity index (χ1) is 11.1. The lowest BCUT2D eigenvalue weighted by Gasteiger charge is -2.18. The number of rotatable bonds is 7. The number of carbonyl (C=O) groups excluding carboxylic acids is 2. The smallest absolute Gasteiger partial charge is 0.255 e. The van der Waals surface area contributed by atoms with Crippen LogP contribution in [-0.4, -0.2) is 18.4 Å². The van der Waals surface area contributed by atoms with Gasteiger partial charge in [0.05, 0.1) is 24.4 Å². The Balaban J connectivity index is 1.90. The molecule has 5 heteroatoms. The highest BCUT2D eigenvalue weighted by molar-refractivity contribution is 5.97. The second-order valence-corrected chi connectivity index (χ2v) is 5.39. The maximum Gasteiger partial charge on any atom is 0.255 e. The van der Waals surface area contributed by atoms with Crippen LogP contribution in [-0.2, 0) is 4.79 Å². The fraction of sp³-hybridized carbons (Fsp3) is 0.333. The molecule has 0 aliphatic rings. The Morgan fingerprint density at radius 2 is 1.91 bits per heavy atom. The van der Waals surface area contributed by atoms with Gasteiger partial charge in [0, 0.05) is 0 Å². The Morgan fingerprint density at radius 1 is 1.17 bits per heavy atom. The number of furan rings is 1. The zero-order valence-corrected chi connectivity index (χ0v) is 13.5. The van der Waals surface area contributed by atoms with Crippen molar-refractivity contribution in [2.45, 2.75) is 32.7 Å². The molecule has 1 aromatic heterocycles. The number of hydrogen-bond acceptors (Lipinski definition) is 3. The first kappa shape index (κ1) is 16.8. The standard InChI is InChI=1S/C18H22N2O3/c1-3-7-16(14-8-5-4-6-9-14)20-17(21)12-19-18(22)15-10-11-23-13(15)2/h4-6,8-11,16H,3,7,12H2,1-2H3,(H,19,22)(H,20,21)/t16-/m0/s1. The zero-order valence-electron chi connectivity index (χ0n) is 13.5. The maximum absolute atomic E-state index is 12.1. The summed E-state index contributed by atoms with van der Waals surface area (Å²) in [5.74, 6) is 0.0241. The van der Waals surface area contributed by atoms with E-state index in [1.165, 1.54) is 6.26 Å². The van der Waals surface area contributed by atoms with E-state index in [9.17, 15) is 9.59 Å². The minimum atomic E-state index is -0.307. The molecule has 23 heavy (non-hydrogen) atoms. The number of carbonyl (C=O) groups is 2. The fourth-order valence-corrected chi connectivity index (χ4v) is 2.42. The highest BCUT2D eigenvalue weighted by Crippen LogP contribution is 2.17. The summed E-state index contributed by atoms with van der Waals surface area (Å²) in [6.45, 7) is 3.73. The normalized spacial score (nSPS) is 11.7. The van der Waals surface area contributed by atoms with Crippen molar-refractivity contribution in [2.75, 3.05) is 6.54 Å². The van der Waals surface area contributed by atoms with Gasteiger partial charge in [-0.25, -0.2) is 0 Å². The molecule has 1 atom stereocenters. The molecule has 0 spiro atoms. The molecule has 2 amide bonds. The van der Waals surface area contributed by atoms with Crippen LogP contribution < -0.4 is 10.6 Å². The minimum Gasteiger partial charge on any atom is -0.469 e. The van der Waals surface area contributed by atoms with Crippen LogP contribution in [0.2, 0.25) is 0 Å². The lowest BCUT2D eigenvalue weighted by atomic mass is 10.0. The van der Waals surface area contributed by atoms with E-state index >= 15 is 0 Å². The lowest BCUT2D eigenvalue weighted by Crippen LogP contribution is -2.38. The van der Waals surface area contributed by atoms with Crippen LogP contribution in [0.25, 0.3) is 0 Å². The van der Waals surface area contributed by atoms with E-state index in [-0.39, 0.29) is 24.4 Å². The third kappa shape index (κ3) is 4.71. The average Bonchev–Trinajstić information content (AvgIpc) is 2.99. The Bertz CT molecular complexity index is 649. The molecule has 5 nitrogen and oxygen atoms in total. The van der Waals surface area contributed by atoms with Crippen LogP contribution in [0.5, 0.6) is 0 Å². The van der Waals surface area contributed by atoms with Crippen molar-refractivity contribution in [3.8, 4) is 0 Å². The van der Waals surface area contributed by atoms with Gasteiger partial charge in [-0.15, -0.1) is 0 Å². The van der Waals surface area contributed by atoms with Crippen molar-refractivity contribution in [1.82, 2.24) is 10.6 Å². The molecule has 0 saturated heterocycles. The van der Waals surface area contributed by atoms with Gasteiger partial charge in [-0.1, -0.05) is 43.7 Å². The molecule has 2 rings (SSSR count). The molecule has 122 valence electrons. The van der Waals surface area contributed by atoms with Crippen molar-refractivity contribution in [2.24, 2.45) is 0 Å². The maximum atomic E-state index is 12.1. The summed E-state index contributed by atoms with van der Waals surface area (Å²) < 4.78 is 5.09. The third-order valence-electron chi connectivity index (χ3n) is 3.63. The Labute approximate surface area is 136 Å². The van der Waals surface area contributed by atoms with E-state index in [1.54, 1.807) is 13.0 Å². The van der Waals surface area contributed by atoms with Gasteiger partial charge >= 0.3 is 0 Å².